The molecule has 0 aliphatic heterocycles. The first-order valence-corrected chi connectivity index (χ1v) is 7.65. The Balaban J connectivity index is 1.71. The summed E-state index contributed by atoms with van der Waals surface area (Å²) in [5.41, 5.74) is 0.868. The average molecular weight is 354 g/mol. The predicted octanol–water partition coefficient (Wildman–Crippen LogP) is 2.70. The minimum absolute atomic E-state index is 0.223. The van der Waals surface area contributed by atoms with Crippen molar-refractivity contribution in [3.8, 4) is 22.9 Å². The lowest BCUT2D eigenvalue weighted by atomic mass is 10.1. The highest BCUT2D eigenvalue weighted by atomic mass is 19.1. The van der Waals surface area contributed by atoms with Crippen LogP contribution in [0.3, 0.4) is 0 Å². The van der Waals surface area contributed by atoms with Crippen LogP contribution in [0, 0.1) is 5.82 Å². The van der Waals surface area contributed by atoms with Crippen LogP contribution < -0.4 is 14.8 Å². The second kappa shape index (κ2) is 8.02. The first-order chi connectivity index (χ1) is 12.7. The number of benzene rings is 1. The van der Waals surface area contributed by atoms with Gasteiger partial charge in [0.15, 0.2) is 6.61 Å². The molecule has 8 heteroatoms. The molecule has 0 atom stereocenters. The first-order valence-electron chi connectivity index (χ1n) is 7.65. The van der Waals surface area contributed by atoms with Crippen LogP contribution in [0.15, 0.2) is 55.0 Å². The predicted molar refractivity (Wildman–Crippen MR) is 92.3 cm³/mol. The van der Waals surface area contributed by atoms with E-state index in [1.807, 2.05) is 0 Å². The molecular weight excluding hydrogens is 339 g/mol. The molecule has 132 valence electrons. The molecule has 1 N–H and O–H groups in total. The molecule has 26 heavy (non-hydrogen) atoms. The lowest BCUT2D eigenvalue weighted by Crippen LogP contribution is -2.21. The normalized spacial score (nSPS) is 10.2. The highest BCUT2D eigenvalue weighted by Crippen LogP contribution is 2.29. The maximum atomic E-state index is 13.6. The van der Waals surface area contributed by atoms with E-state index in [0.717, 1.165) is 0 Å². The fourth-order valence-corrected chi connectivity index (χ4v) is 2.20. The molecule has 0 bridgehead atoms. The molecule has 3 rings (SSSR count). The van der Waals surface area contributed by atoms with E-state index in [-0.39, 0.29) is 12.4 Å². The summed E-state index contributed by atoms with van der Waals surface area (Å²) in [5, 5.41) is 2.60. The quantitative estimate of drug-likeness (QED) is 0.732. The fourth-order valence-electron chi connectivity index (χ4n) is 2.20. The van der Waals surface area contributed by atoms with Crippen LogP contribution in [0.2, 0.25) is 0 Å². The minimum atomic E-state index is -0.422. The van der Waals surface area contributed by atoms with E-state index < -0.39 is 11.7 Å². The Bertz CT molecular complexity index is 906. The van der Waals surface area contributed by atoms with Gasteiger partial charge in [0.1, 0.15) is 23.7 Å². The van der Waals surface area contributed by atoms with Crippen molar-refractivity contribution in [2.45, 2.75) is 0 Å². The molecule has 2 aromatic heterocycles. The molecule has 0 fully saturated rings. The van der Waals surface area contributed by atoms with Crippen LogP contribution in [0.5, 0.6) is 11.6 Å². The number of aromatic nitrogens is 3. The molecule has 1 amide bonds. The van der Waals surface area contributed by atoms with Gasteiger partial charge >= 0.3 is 0 Å². The van der Waals surface area contributed by atoms with Crippen molar-refractivity contribution in [1.82, 2.24) is 15.0 Å². The number of rotatable bonds is 6. The second-order valence-electron chi connectivity index (χ2n) is 5.14. The third-order valence-electron chi connectivity index (χ3n) is 3.36. The first kappa shape index (κ1) is 17.3. The Morgan fingerprint density at radius 1 is 1.15 bits per heavy atom. The molecule has 7 nitrogen and oxygen atoms in total. The van der Waals surface area contributed by atoms with E-state index in [2.05, 4.69) is 20.3 Å². The number of nitrogens with zero attached hydrogens (tertiary/aromatic N) is 3. The van der Waals surface area contributed by atoms with E-state index in [9.17, 15) is 9.18 Å². The van der Waals surface area contributed by atoms with Gasteiger partial charge in [-0.05, 0) is 24.3 Å². The number of hydrogen-bond acceptors (Lipinski definition) is 6. The molecule has 1 aromatic carbocycles. The Labute approximate surface area is 148 Å². The monoisotopic (exact) mass is 354 g/mol. The van der Waals surface area contributed by atoms with Crippen LogP contribution in [0.4, 0.5) is 10.2 Å². The number of halogens is 1. The summed E-state index contributed by atoms with van der Waals surface area (Å²) in [5.74, 6) is 0.229. The van der Waals surface area contributed by atoms with Gasteiger partial charge in [-0.15, -0.1) is 0 Å². The second-order valence-corrected chi connectivity index (χ2v) is 5.14. The van der Waals surface area contributed by atoms with Gasteiger partial charge in [-0.2, -0.15) is 0 Å². The number of hydrogen-bond donors (Lipinski definition) is 1. The third-order valence-corrected chi connectivity index (χ3v) is 3.36. The molecule has 0 unspecified atom stereocenters. The number of carbonyl (C=O) groups excluding carboxylic acids is 1. The lowest BCUT2D eigenvalue weighted by Gasteiger charge is -2.10. The lowest BCUT2D eigenvalue weighted by molar-refractivity contribution is -0.118. The molecule has 0 aliphatic carbocycles. The number of carbonyl (C=O) groups is 1. The Kier molecular flexibility index (Phi) is 5.33. The zero-order valence-electron chi connectivity index (χ0n) is 13.8. The van der Waals surface area contributed by atoms with Crippen molar-refractivity contribution >= 4 is 11.7 Å². The Morgan fingerprint density at radius 3 is 2.81 bits per heavy atom. The summed E-state index contributed by atoms with van der Waals surface area (Å²) in [6.45, 7) is -0.223. The number of ether oxygens (including phenoxy) is 2. The van der Waals surface area contributed by atoms with Crippen molar-refractivity contribution in [3.63, 3.8) is 0 Å². The van der Waals surface area contributed by atoms with Crippen molar-refractivity contribution in [1.29, 1.82) is 0 Å². The fraction of sp³-hybridized carbons (Fsp3) is 0.111. The highest BCUT2D eigenvalue weighted by Gasteiger charge is 2.11. The SMILES string of the molecule is COc1ccc(F)cc1-c1cc(NC(=O)COc2ccccn2)ncn1. The molecule has 0 aliphatic rings. The standard InChI is InChI=1S/C18H15FN4O3/c1-25-15-6-5-12(19)8-13(15)14-9-16(22-11-21-14)23-17(24)10-26-18-4-2-3-7-20-18/h2-9,11H,10H2,1H3,(H,21,22,23,24). The van der Waals surface area contributed by atoms with Gasteiger partial charge in [0, 0.05) is 23.9 Å². The van der Waals surface area contributed by atoms with Crippen LogP contribution in [-0.4, -0.2) is 34.6 Å². The van der Waals surface area contributed by atoms with Crippen molar-refractivity contribution in [3.05, 3.63) is 60.8 Å². The smallest absolute Gasteiger partial charge is 0.263 e. The van der Waals surface area contributed by atoms with Crippen LogP contribution in [0.1, 0.15) is 0 Å². The number of methoxy groups -OCH3 is 1. The summed E-state index contributed by atoms with van der Waals surface area (Å²) < 4.78 is 24.0. The Morgan fingerprint density at radius 2 is 2.04 bits per heavy atom. The number of anilines is 1. The molecule has 0 radical (unpaired) electrons. The largest absolute Gasteiger partial charge is 0.496 e. The van der Waals surface area contributed by atoms with Gasteiger partial charge in [0.05, 0.1) is 12.8 Å². The summed E-state index contributed by atoms with van der Waals surface area (Å²) in [7, 11) is 1.48. The molecular formula is C18H15FN4O3. The summed E-state index contributed by atoms with van der Waals surface area (Å²) in [4.78, 5) is 24.1. The molecule has 3 aromatic rings. The Hall–Kier alpha value is -3.55. The van der Waals surface area contributed by atoms with Crippen LogP contribution >= 0.6 is 0 Å². The topological polar surface area (TPSA) is 86.2 Å². The van der Waals surface area contributed by atoms with E-state index >= 15 is 0 Å². The molecule has 0 saturated heterocycles. The number of amides is 1. The van der Waals surface area contributed by atoms with Crippen LogP contribution in [-0.2, 0) is 4.79 Å². The van der Waals surface area contributed by atoms with Gasteiger partial charge in [-0.3, -0.25) is 4.79 Å². The summed E-state index contributed by atoms with van der Waals surface area (Å²) in [6.07, 6.45) is 2.84. The summed E-state index contributed by atoms with van der Waals surface area (Å²) >= 11 is 0. The maximum Gasteiger partial charge on any atom is 0.263 e. The zero-order valence-corrected chi connectivity index (χ0v) is 13.8. The van der Waals surface area contributed by atoms with Crippen molar-refractivity contribution in [2.75, 3.05) is 19.0 Å². The van der Waals surface area contributed by atoms with E-state index in [0.29, 0.717) is 22.9 Å². The summed E-state index contributed by atoms with van der Waals surface area (Å²) in [6, 6.07) is 10.8. The van der Waals surface area contributed by atoms with Crippen molar-refractivity contribution in [2.24, 2.45) is 0 Å². The number of pyridine rings is 1. The molecule has 0 spiro atoms. The highest BCUT2D eigenvalue weighted by molar-refractivity contribution is 5.91. The molecule has 0 saturated carbocycles. The van der Waals surface area contributed by atoms with E-state index in [1.54, 1.807) is 24.4 Å². The van der Waals surface area contributed by atoms with Gasteiger partial charge in [0.25, 0.3) is 5.91 Å². The average Bonchev–Trinajstić information content (AvgIpc) is 2.67. The zero-order chi connectivity index (χ0) is 18.4. The van der Waals surface area contributed by atoms with Gasteiger partial charge < -0.3 is 14.8 Å². The maximum absolute atomic E-state index is 13.6. The van der Waals surface area contributed by atoms with Gasteiger partial charge in [-0.25, -0.2) is 19.3 Å². The number of nitrogens with one attached hydrogen (secondary N) is 1. The van der Waals surface area contributed by atoms with E-state index in [1.165, 1.54) is 37.7 Å². The minimum Gasteiger partial charge on any atom is -0.496 e. The van der Waals surface area contributed by atoms with Crippen molar-refractivity contribution < 1.29 is 18.7 Å². The van der Waals surface area contributed by atoms with E-state index in [4.69, 9.17) is 9.47 Å². The molecule has 2 heterocycles. The van der Waals surface area contributed by atoms with Gasteiger partial charge in [-0.1, -0.05) is 6.07 Å². The third kappa shape index (κ3) is 4.29. The van der Waals surface area contributed by atoms with Crippen LogP contribution in [0.25, 0.3) is 11.3 Å². The van der Waals surface area contributed by atoms with Gasteiger partial charge in [0.2, 0.25) is 5.88 Å².